The Morgan fingerprint density at radius 1 is 1.13 bits per heavy atom. The molecule has 23 heavy (non-hydrogen) atoms. The Balaban J connectivity index is 2.99. The predicted molar refractivity (Wildman–Crippen MR) is 96.7 cm³/mol. The van der Waals surface area contributed by atoms with Crippen LogP contribution in [-0.4, -0.2) is 42.3 Å². The standard InChI is InChI=1S/C18H32O4Si/c1-18(2,3)17(22-23(6)7)16(21-13-19-4)12-14-9-8-10-15(11-14)20-5/h8-11,16-17,23H,12-13H2,1-7H3/t16?,17-/m0/s1. The van der Waals surface area contributed by atoms with Crippen LogP contribution in [0.15, 0.2) is 24.3 Å². The second-order valence-corrected chi connectivity index (χ2v) is 9.51. The summed E-state index contributed by atoms with van der Waals surface area (Å²) in [5.41, 5.74) is 1.17. The highest BCUT2D eigenvalue weighted by Gasteiger charge is 2.34. The van der Waals surface area contributed by atoms with Crippen LogP contribution in [0.4, 0.5) is 0 Å². The molecule has 0 saturated heterocycles. The van der Waals surface area contributed by atoms with Crippen LogP contribution in [0.25, 0.3) is 0 Å². The summed E-state index contributed by atoms with van der Waals surface area (Å²) in [5.74, 6) is 0.861. The summed E-state index contributed by atoms with van der Waals surface area (Å²) in [6.45, 7) is 11.2. The molecule has 4 nitrogen and oxygen atoms in total. The number of ether oxygens (including phenoxy) is 3. The summed E-state index contributed by atoms with van der Waals surface area (Å²) in [5, 5.41) is 0. The lowest BCUT2D eigenvalue weighted by molar-refractivity contribution is -0.128. The molecule has 1 aromatic rings. The molecule has 0 aliphatic rings. The van der Waals surface area contributed by atoms with E-state index in [2.05, 4.69) is 46.0 Å². The topological polar surface area (TPSA) is 36.9 Å². The highest BCUT2D eigenvalue weighted by molar-refractivity contribution is 6.48. The summed E-state index contributed by atoms with van der Waals surface area (Å²) in [6, 6.07) is 8.10. The minimum absolute atomic E-state index is 0.00541. The van der Waals surface area contributed by atoms with Gasteiger partial charge in [-0.1, -0.05) is 32.9 Å². The molecule has 0 amide bonds. The molecular formula is C18H32O4Si. The third-order valence-electron chi connectivity index (χ3n) is 3.58. The van der Waals surface area contributed by atoms with Gasteiger partial charge in [-0.2, -0.15) is 0 Å². The van der Waals surface area contributed by atoms with Crippen molar-refractivity contribution >= 4 is 9.04 Å². The molecule has 5 heteroatoms. The first-order valence-corrected chi connectivity index (χ1v) is 10.9. The van der Waals surface area contributed by atoms with Gasteiger partial charge in [0.15, 0.2) is 9.04 Å². The van der Waals surface area contributed by atoms with Crippen molar-refractivity contribution in [1.82, 2.24) is 0 Å². The highest BCUT2D eigenvalue weighted by atomic mass is 28.3. The number of hydrogen-bond donors (Lipinski definition) is 0. The quantitative estimate of drug-likeness (QED) is 0.508. The highest BCUT2D eigenvalue weighted by Crippen LogP contribution is 2.29. The fourth-order valence-corrected chi connectivity index (χ4v) is 3.75. The number of methoxy groups -OCH3 is 2. The summed E-state index contributed by atoms with van der Waals surface area (Å²) in [4.78, 5) is 0. The average Bonchev–Trinajstić information content (AvgIpc) is 2.48. The van der Waals surface area contributed by atoms with Gasteiger partial charge in [0.2, 0.25) is 0 Å². The van der Waals surface area contributed by atoms with Gasteiger partial charge >= 0.3 is 0 Å². The summed E-state index contributed by atoms with van der Waals surface area (Å²) in [6.07, 6.45) is 0.733. The molecule has 0 aliphatic carbocycles. The molecule has 0 aliphatic heterocycles. The minimum Gasteiger partial charge on any atom is -0.497 e. The first kappa shape index (κ1) is 20.2. The van der Waals surface area contributed by atoms with Crippen LogP contribution in [-0.2, 0) is 20.3 Å². The van der Waals surface area contributed by atoms with Crippen LogP contribution < -0.4 is 4.74 Å². The number of benzene rings is 1. The lowest BCUT2D eigenvalue weighted by Crippen LogP contribution is -2.45. The Labute approximate surface area is 142 Å². The largest absolute Gasteiger partial charge is 0.497 e. The van der Waals surface area contributed by atoms with Crippen molar-refractivity contribution in [3.63, 3.8) is 0 Å². The predicted octanol–water partition coefficient (Wildman–Crippen LogP) is 3.64. The Morgan fingerprint density at radius 2 is 1.83 bits per heavy atom. The van der Waals surface area contributed by atoms with Gasteiger partial charge in [0.25, 0.3) is 0 Å². The van der Waals surface area contributed by atoms with Gasteiger partial charge in [-0.25, -0.2) is 0 Å². The molecule has 0 heterocycles. The molecule has 1 rings (SSSR count). The zero-order valence-electron chi connectivity index (χ0n) is 15.6. The summed E-state index contributed by atoms with van der Waals surface area (Å²) >= 11 is 0. The van der Waals surface area contributed by atoms with Crippen molar-refractivity contribution in [2.24, 2.45) is 5.41 Å². The molecule has 132 valence electrons. The first-order valence-electron chi connectivity index (χ1n) is 8.16. The zero-order chi connectivity index (χ0) is 17.5. The van der Waals surface area contributed by atoms with Crippen molar-refractivity contribution in [2.75, 3.05) is 21.0 Å². The van der Waals surface area contributed by atoms with Crippen molar-refractivity contribution < 1.29 is 18.6 Å². The van der Waals surface area contributed by atoms with Gasteiger partial charge in [-0.15, -0.1) is 0 Å². The van der Waals surface area contributed by atoms with E-state index in [0.29, 0.717) is 0 Å². The third kappa shape index (κ3) is 7.04. The smallest absolute Gasteiger partial charge is 0.171 e. The average molecular weight is 341 g/mol. The Hall–Kier alpha value is -0.883. The van der Waals surface area contributed by atoms with E-state index in [1.165, 1.54) is 5.56 Å². The molecule has 0 fully saturated rings. The molecular weight excluding hydrogens is 308 g/mol. The van der Waals surface area contributed by atoms with Gasteiger partial charge in [0.05, 0.1) is 19.3 Å². The fourth-order valence-electron chi connectivity index (χ4n) is 2.58. The van der Waals surface area contributed by atoms with Gasteiger partial charge in [0.1, 0.15) is 12.5 Å². The zero-order valence-corrected chi connectivity index (χ0v) is 16.7. The summed E-state index contributed by atoms with van der Waals surface area (Å²) < 4.78 is 22.8. The van der Waals surface area contributed by atoms with E-state index in [-0.39, 0.29) is 24.4 Å². The summed E-state index contributed by atoms with van der Waals surface area (Å²) in [7, 11) is 2.14. The molecule has 0 bridgehead atoms. The van der Waals surface area contributed by atoms with Gasteiger partial charge in [-0.3, -0.25) is 0 Å². The molecule has 0 saturated carbocycles. The van der Waals surface area contributed by atoms with Gasteiger partial charge < -0.3 is 18.6 Å². The van der Waals surface area contributed by atoms with E-state index < -0.39 is 9.04 Å². The molecule has 2 atom stereocenters. The Bertz CT molecular complexity index is 457. The first-order chi connectivity index (χ1) is 10.8. The maximum Gasteiger partial charge on any atom is 0.171 e. The van der Waals surface area contributed by atoms with E-state index in [9.17, 15) is 0 Å². The molecule has 0 radical (unpaired) electrons. The molecule has 0 spiro atoms. The lowest BCUT2D eigenvalue weighted by Gasteiger charge is -2.38. The monoisotopic (exact) mass is 340 g/mol. The van der Waals surface area contributed by atoms with Crippen LogP contribution >= 0.6 is 0 Å². The Morgan fingerprint density at radius 3 is 2.35 bits per heavy atom. The van der Waals surface area contributed by atoms with E-state index >= 15 is 0 Å². The SMILES string of the molecule is COCOC(Cc1cccc(OC)c1)[C@H](O[SiH](C)C)C(C)(C)C. The van der Waals surface area contributed by atoms with Crippen molar-refractivity contribution in [3.8, 4) is 5.75 Å². The Kier molecular flexibility index (Phi) is 8.26. The van der Waals surface area contributed by atoms with Crippen molar-refractivity contribution in [1.29, 1.82) is 0 Å². The van der Waals surface area contributed by atoms with E-state index in [0.717, 1.165) is 12.2 Å². The van der Waals surface area contributed by atoms with Crippen molar-refractivity contribution in [2.45, 2.75) is 52.5 Å². The van der Waals surface area contributed by atoms with Crippen LogP contribution in [0.1, 0.15) is 26.3 Å². The maximum absolute atomic E-state index is 6.33. The van der Waals surface area contributed by atoms with E-state index in [1.54, 1.807) is 14.2 Å². The van der Waals surface area contributed by atoms with Gasteiger partial charge in [-0.05, 0) is 36.2 Å². The fraction of sp³-hybridized carbons (Fsp3) is 0.667. The second-order valence-electron chi connectivity index (χ2n) is 7.14. The van der Waals surface area contributed by atoms with Crippen molar-refractivity contribution in [3.05, 3.63) is 29.8 Å². The molecule has 0 aromatic heterocycles. The maximum atomic E-state index is 6.33. The normalized spacial score (nSPS) is 14.8. The van der Waals surface area contributed by atoms with Crippen LogP contribution in [0.2, 0.25) is 13.1 Å². The lowest BCUT2D eigenvalue weighted by atomic mass is 9.84. The second kappa shape index (κ2) is 9.42. The third-order valence-corrected chi connectivity index (χ3v) is 4.42. The van der Waals surface area contributed by atoms with E-state index in [1.807, 2.05) is 12.1 Å². The van der Waals surface area contributed by atoms with E-state index in [4.69, 9.17) is 18.6 Å². The van der Waals surface area contributed by atoms with Crippen LogP contribution in [0.5, 0.6) is 5.75 Å². The number of rotatable bonds is 9. The minimum atomic E-state index is -1.19. The molecule has 1 unspecified atom stereocenters. The van der Waals surface area contributed by atoms with Gasteiger partial charge in [0, 0.05) is 13.5 Å². The van der Waals surface area contributed by atoms with Crippen LogP contribution in [0, 0.1) is 5.41 Å². The molecule has 1 aromatic carbocycles. The number of hydrogen-bond acceptors (Lipinski definition) is 4. The van der Waals surface area contributed by atoms with Crippen LogP contribution in [0.3, 0.4) is 0 Å². The molecule has 0 N–H and O–H groups in total.